The first kappa shape index (κ1) is 8.14. The topological polar surface area (TPSA) is 43.4 Å². The van der Waals surface area contributed by atoms with E-state index in [4.69, 9.17) is 0 Å². The van der Waals surface area contributed by atoms with Gasteiger partial charge in [-0.25, -0.2) is 0 Å². The first-order chi connectivity index (χ1) is 4.09. The number of esters is 1. The average molecular weight is 130 g/mol. The number of methoxy groups -OCH3 is 1. The fourth-order valence-corrected chi connectivity index (χ4v) is 0.343. The van der Waals surface area contributed by atoms with Gasteiger partial charge in [0.05, 0.1) is 7.11 Å². The van der Waals surface area contributed by atoms with Gasteiger partial charge in [-0.2, -0.15) is 0 Å². The molecule has 0 radical (unpaired) electrons. The van der Waals surface area contributed by atoms with Gasteiger partial charge in [0.1, 0.15) is 11.7 Å². The SMILES string of the molecule is COC(=O)C(C)C(C)=O. The van der Waals surface area contributed by atoms with Gasteiger partial charge in [-0.3, -0.25) is 9.59 Å². The van der Waals surface area contributed by atoms with Crippen molar-refractivity contribution in [1.82, 2.24) is 0 Å². The molecule has 9 heavy (non-hydrogen) atoms. The van der Waals surface area contributed by atoms with Crippen LogP contribution in [0.15, 0.2) is 0 Å². The molecule has 0 amide bonds. The fraction of sp³-hybridized carbons (Fsp3) is 0.667. The van der Waals surface area contributed by atoms with Crippen molar-refractivity contribution < 1.29 is 14.3 Å². The molecular weight excluding hydrogens is 120 g/mol. The molecule has 0 aliphatic heterocycles. The molecule has 52 valence electrons. The number of carbonyl (C=O) groups is 2. The van der Waals surface area contributed by atoms with Crippen LogP contribution < -0.4 is 0 Å². The summed E-state index contributed by atoms with van der Waals surface area (Å²) in [6.45, 7) is 2.88. The summed E-state index contributed by atoms with van der Waals surface area (Å²) >= 11 is 0. The maximum atomic E-state index is 10.5. The molecule has 3 nitrogen and oxygen atoms in total. The minimum atomic E-state index is -0.616. The largest absolute Gasteiger partial charge is 0.468 e. The van der Waals surface area contributed by atoms with Crippen molar-refractivity contribution in [2.45, 2.75) is 13.8 Å². The molecule has 0 aliphatic rings. The number of hydrogen-bond donors (Lipinski definition) is 0. The molecule has 0 aliphatic carbocycles. The molecule has 0 heterocycles. The lowest BCUT2D eigenvalue weighted by atomic mass is 10.1. The van der Waals surface area contributed by atoms with Crippen molar-refractivity contribution in [1.29, 1.82) is 0 Å². The van der Waals surface area contributed by atoms with E-state index in [9.17, 15) is 9.59 Å². The Morgan fingerprint density at radius 1 is 1.44 bits per heavy atom. The third kappa shape index (κ3) is 2.26. The summed E-state index contributed by atoms with van der Waals surface area (Å²) in [4.78, 5) is 21.0. The number of carbonyl (C=O) groups excluding carboxylic acids is 2. The third-order valence-electron chi connectivity index (χ3n) is 1.16. The lowest BCUT2D eigenvalue weighted by Gasteiger charge is -2.02. The van der Waals surface area contributed by atoms with Crippen molar-refractivity contribution in [3.63, 3.8) is 0 Å². The fourth-order valence-electron chi connectivity index (χ4n) is 0.343. The molecule has 0 spiro atoms. The van der Waals surface area contributed by atoms with Crippen LogP contribution in [0, 0.1) is 5.92 Å². The summed E-state index contributed by atoms with van der Waals surface area (Å²) in [6.07, 6.45) is 0. The van der Waals surface area contributed by atoms with Gasteiger partial charge in [0.25, 0.3) is 0 Å². The summed E-state index contributed by atoms with van der Waals surface area (Å²) in [5, 5.41) is 0. The molecule has 1 atom stereocenters. The van der Waals surface area contributed by atoms with Gasteiger partial charge < -0.3 is 4.74 Å². The molecule has 0 fully saturated rings. The van der Waals surface area contributed by atoms with Crippen LogP contribution >= 0.6 is 0 Å². The highest BCUT2D eigenvalue weighted by Crippen LogP contribution is 1.97. The minimum absolute atomic E-state index is 0.165. The number of rotatable bonds is 2. The summed E-state index contributed by atoms with van der Waals surface area (Å²) in [7, 11) is 1.27. The van der Waals surface area contributed by atoms with E-state index in [0.29, 0.717) is 0 Å². The predicted molar refractivity (Wildman–Crippen MR) is 31.9 cm³/mol. The van der Waals surface area contributed by atoms with Gasteiger partial charge in [0, 0.05) is 0 Å². The Morgan fingerprint density at radius 2 is 1.89 bits per heavy atom. The molecule has 0 aromatic heterocycles. The molecule has 0 N–H and O–H groups in total. The Hall–Kier alpha value is -0.860. The van der Waals surface area contributed by atoms with Gasteiger partial charge in [-0.15, -0.1) is 0 Å². The molecule has 0 saturated carbocycles. The Labute approximate surface area is 54.0 Å². The summed E-state index contributed by atoms with van der Waals surface area (Å²) < 4.78 is 4.31. The lowest BCUT2D eigenvalue weighted by Crippen LogP contribution is -2.19. The molecule has 0 aromatic rings. The van der Waals surface area contributed by atoms with E-state index in [2.05, 4.69) is 4.74 Å². The average Bonchev–Trinajstić information content (AvgIpc) is 1.84. The summed E-state index contributed by atoms with van der Waals surface area (Å²) in [5.41, 5.74) is 0. The highest BCUT2D eigenvalue weighted by molar-refractivity contribution is 5.97. The van der Waals surface area contributed by atoms with E-state index in [1.54, 1.807) is 0 Å². The quantitative estimate of drug-likeness (QED) is 0.401. The molecule has 0 saturated heterocycles. The second-order valence-electron chi connectivity index (χ2n) is 1.86. The molecule has 0 aromatic carbocycles. The third-order valence-corrected chi connectivity index (χ3v) is 1.16. The van der Waals surface area contributed by atoms with E-state index in [1.165, 1.54) is 21.0 Å². The van der Waals surface area contributed by atoms with Crippen molar-refractivity contribution in [2.24, 2.45) is 5.92 Å². The van der Waals surface area contributed by atoms with Gasteiger partial charge in [0.15, 0.2) is 0 Å². The monoisotopic (exact) mass is 130 g/mol. The van der Waals surface area contributed by atoms with Crippen molar-refractivity contribution in [3.8, 4) is 0 Å². The maximum Gasteiger partial charge on any atom is 0.315 e. The lowest BCUT2D eigenvalue weighted by molar-refractivity contribution is -0.148. The second-order valence-corrected chi connectivity index (χ2v) is 1.86. The van der Waals surface area contributed by atoms with Crippen LogP contribution in [0.1, 0.15) is 13.8 Å². The van der Waals surface area contributed by atoms with Crippen LogP contribution in [0.5, 0.6) is 0 Å². The first-order valence-corrected chi connectivity index (χ1v) is 2.68. The standard InChI is InChI=1S/C6H10O3/c1-4(5(2)7)6(8)9-3/h4H,1-3H3. The summed E-state index contributed by atoms with van der Waals surface area (Å²) in [6, 6.07) is 0. The first-order valence-electron chi connectivity index (χ1n) is 2.68. The minimum Gasteiger partial charge on any atom is -0.468 e. The van der Waals surface area contributed by atoms with E-state index in [0.717, 1.165) is 0 Å². The van der Waals surface area contributed by atoms with E-state index >= 15 is 0 Å². The van der Waals surface area contributed by atoms with Crippen LogP contribution in [-0.2, 0) is 14.3 Å². The van der Waals surface area contributed by atoms with Gasteiger partial charge >= 0.3 is 5.97 Å². The molecular formula is C6H10O3. The summed E-state index contributed by atoms with van der Waals surface area (Å²) in [5.74, 6) is -1.25. The maximum absolute atomic E-state index is 10.5. The number of ether oxygens (including phenoxy) is 1. The Balaban J connectivity index is 3.88. The van der Waals surface area contributed by atoms with Crippen LogP contribution in [0.2, 0.25) is 0 Å². The highest BCUT2D eigenvalue weighted by atomic mass is 16.5. The second kappa shape index (κ2) is 3.22. The van der Waals surface area contributed by atoms with Crippen LogP contribution in [0.3, 0.4) is 0 Å². The zero-order valence-electron chi connectivity index (χ0n) is 5.80. The van der Waals surface area contributed by atoms with Crippen LogP contribution in [-0.4, -0.2) is 18.9 Å². The van der Waals surface area contributed by atoms with Crippen molar-refractivity contribution >= 4 is 11.8 Å². The van der Waals surface area contributed by atoms with Gasteiger partial charge in [-0.05, 0) is 13.8 Å². The molecule has 1 unspecified atom stereocenters. The Kier molecular flexibility index (Phi) is 2.91. The number of hydrogen-bond acceptors (Lipinski definition) is 3. The zero-order chi connectivity index (χ0) is 7.44. The van der Waals surface area contributed by atoms with Crippen molar-refractivity contribution in [2.75, 3.05) is 7.11 Å². The number of ketones is 1. The van der Waals surface area contributed by atoms with Gasteiger partial charge in [-0.1, -0.05) is 0 Å². The van der Waals surface area contributed by atoms with Gasteiger partial charge in [0.2, 0.25) is 0 Å². The Bertz CT molecular complexity index is 128. The molecule has 0 rings (SSSR count). The predicted octanol–water partition coefficient (Wildman–Crippen LogP) is 0.384. The van der Waals surface area contributed by atoms with Crippen LogP contribution in [0.25, 0.3) is 0 Å². The zero-order valence-corrected chi connectivity index (χ0v) is 5.80. The van der Waals surface area contributed by atoms with E-state index in [-0.39, 0.29) is 5.78 Å². The number of Topliss-reactive ketones (excluding diaryl/α,β-unsaturated/α-hetero) is 1. The highest BCUT2D eigenvalue weighted by Gasteiger charge is 2.16. The smallest absolute Gasteiger partial charge is 0.315 e. The molecule has 3 heteroatoms. The van der Waals surface area contributed by atoms with E-state index < -0.39 is 11.9 Å². The normalized spacial score (nSPS) is 12.3. The van der Waals surface area contributed by atoms with E-state index in [1.807, 2.05) is 0 Å². The van der Waals surface area contributed by atoms with Crippen molar-refractivity contribution in [3.05, 3.63) is 0 Å². The van der Waals surface area contributed by atoms with Crippen LogP contribution in [0.4, 0.5) is 0 Å². The molecule has 0 bridgehead atoms. The Morgan fingerprint density at radius 3 is 2.00 bits per heavy atom.